The van der Waals surface area contributed by atoms with Crippen LogP contribution in [0.15, 0.2) is 0 Å². The summed E-state index contributed by atoms with van der Waals surface area (Å²) < 4.78 is 0. The molecule has 0 radical (unpaired) electrons. The summed E-state index contributed by atoms with van der Waals surface area (Å²) in [7, 11) is 0. The van der Waals surface area contributed by atoms with E-state index in [-0.39, 0.29) is 12.5 Å². The molecule has 0 heterocycles. The van der Waals surface area contributed by atoms with Crippen molar-refractivity contribution in [3.63, 3.8) is 0 Å². The molecule has 0 aromatic carbocycles. The molecule has 0 aliphatic carbocycles. The van der Waals surface area contributed by atoms with Gasteiger partial charge in [0.2, 0.25) is 5.91 Å². The Morgan fingerprint density at radius 1 is 1.40 bits per heavy atom. The standard InChI is InChI=1S/C11H21NO3/c1-9(2)5-3-4-6-11(15)12-10(7-13)8-14/h7,9-10,14H,3-6,8H2,1-2H3,(H,12,15)/t10-/m1/s1. The monoisotopic (exact) mass is 215 g/mol. The van der Waals surface area contributed by atoms with E-state index in [1.165, 1.54) is 0 Å². The van der Waals surface area contributed by atoms with Crippen LogP contribution in [0.25, 0.3) is 0 Å². The summed E-state index contributed by atoms with van der Waals surface area (Å²) in [5.41, 5.74) is 0. The molecule has 88 valence electrons. The summed E-state index contributed by atoms with van der Waals surface area (Å²) in [5.74, 6) is 0.498. The number of rotatable bonds is 8. The van der Waals surface area contributed by atoms with E-state index >= 15 is 0 Å². The van der Waals surface area contributed by atoms with Crippen molar-refractivity contribution in [2.75, 3.05) is 6.61 Å². The molecule has 0 fully saturated rings. The van der Waals surface area contributed by atoms with Gasteiger partial charge >= 0.3 is 0 Å². The fourth-order valence-corrected chi connectivity index (χ4v) is 1.24. The Balaban J connectivity index is 3.52. The molecule has 0 saturated carbocycles. The van der Waals surface area contributed by atoms with Gasteiger partial charge in [-0.15, -0.1) is 0 Å². The Morgan fingerprint density at radius 2 is 2.07 bits per heavy atom. The number of aliphatic hydroxyl groups excluding tert-OH is 1. The van der Waals surface area contributed by atoms with E-state index in [9.17, 15) is 9.59 Å². The number of hydrogen-bond donors (Lipinski definition) is 2. The van der Waals surface area contributed by atoms with E-state index in [0.29, 0.717) is 18.6 Å². The lowest BCUT2D eigenvalue weighted by molar-refractivity contribution is -0.124. The van der Waals surface area contributed by atoms with Crippen LogP contribution in [-0.2, 0) is 9.59 Å². The van der Waals surface area contributed by atoms with Crippen LogP contribution in [0.3, 0.4) is 0 Å². The highest BCUT2D eigenvalue weighted by molar-refractivity contribution is 5.79. The molecule has 0 bridgehead atoms. The van der Waals surface area contributed by atoms with E-state index in [0.717, 1.165) is 19.3 Å². The van der Waals surface area contributed by atoms with Gasteiger partial charge in [-0.05, 0) is 12.3 Å². The van der Waals surface area contributed by atoms with Gasteiger partial charge in [-0.1, -0.05) is 26.7 Å². The van der Waals surface area contributed by atoms with Crippen LogP contribution in [-0.4, -0.2) is 29.9 Å². The fraction of sp³-hybridized carbons (Fsp3) is 0.818. The van der Waals surface area contributed by atoms with E-state index in [4.69, 9.17) is 5.11 Å². The number of hydrogen-bond acceptors (Lipinski definition) is 3. The second kappa shape index (κ2) is 8.41. The zero-order chi connectivity index (χ0) is 11.7. The molecule has 4 heteroatoms. The SMILES string of the molecule is CC(C)CCCCC(=O)N[C@H](C=O)CO. The fourth-order valence-electron chi connectivity index (χ4n) is 1.24. The second-order valence-corrected chi connectivity index (χ2v) is 4.13. The van der Waals surface area contributed by atoms with Crippen molar-refractivity contribution >= 4 is 12.2 Å². The molecule has 0 aromatic rings. The molecule has 15 heavy (non-hydrogen) atoms. The highest BCUT2D eigenvalue weighted by Gasteiger charge is 2.09. The van der Waals surface area contributed by atoms with Gasteiger partial charge in [-0.2, -0.15) is 0 Å². The van der Waals surface area contributed by atoms with Crippen LogP contribution in [0, 0.1) is 5.92 Å². The molecule has 0 spiro atoms. The third-order valence-corrected chi connectivity index (χ3v) is 2.14. The molecule has 1 atom stereocenters. The van der Waals surface area contributed by atoms with Crippen LogP contribution < -0.4 is 5.32 Å². The normalized spacial score (nSPS) is 12.5. The molecular weight excluding hydrogens is 194 g/mol. The van der Waals surface area contributed by atoms with Crippen molar-refractivity contribution in [3.05, 3.63) is 0 Å². The first-order valence-corrected chi connectivity index (χ1v) is 5.45. The maximum Gasteiger partial charge on any atom is 0.220 e. The third-order valence-electron chi connectivity index (χ3n) is 2.14. The predicted octanol–water partition coefficient (Wildman–Crippen LogP) is 0.879. The van der Waals surface area contributed by atoms with Gasteiger partial charge in [0.05, 0.1) is 6.61 Å². The number of amides is 1. The average molecular weight is 215 g/mol. The first kappa shape index (κ1) is 14.1. The average Bonchev–Trinajstić information content (AvgIpc) is 2.20. The highest BCUT2D eigenvalue weighted by atomic mass is 16.3. The van der Waals surface area contributed by atoms with E-state index in [1.807, 2.05) is 0 Å². The largest absolute Gasteiger partial charge is 0.394 e. The van der Waals surface area contributed by atoms with Gasteiger partial charge < -0.3 is 15.2 Å². The smallest absolute Gasteiger partial charge is 0.220 e. The Hall–Kier alpha value is -0.900. The summed E-state index contributed by atoms with van der Waals surface area (Å²) in [6.45, 7) is 3.96. The Morgan fingerprint density at radius 3 is 2.53 bits per heavy atom. The van der Waals surface area contributed by atoms with Crippen LogP contribution in [0.2, 0.25) is 0 Å². The molecule has 4 nitrogen and oxygen atoms in total. The summed E-state index contributed by atoms with van der Waals surface area (Å²) in [6.07, 6.45) is 3.95. The molecule has 0 unspecified atom stereocenters. The lowest BCUT2D eigenvalue weighted by Crippen LogP contribution is -2.38. The molecule has 0 aliphatic heterocycles. The Labute approximate surface area is 91.1 Å². The quantitative estimate of drug-likeness (QED) is 0.466. The van der Waals surface area contributed by atoms with Crippen LogP contribution in [0.1, 0.15) is 39.5 Å². The van der Waals surface area contributed by atoms with Gasteiger partial charge in [0.25, 0.3) is 0 Å². The van der Waals surface area contributed by atoms with Crippen molar-refractivity contribution in [2.45, 2.75) is 45.6 Å². The zero-order valence-electron chi connectivity index (χ0n) is 9.53. The molecule has 1 amide bonds. The first-order valence-electron chi connectivity index (χ1n) is 5.45. The zero-order valence-corrected chi connectivity index (χ0v) is 9.53. The molecular formula is C11H21NO3. The third kappa shape index (κ3) is 8.12. The van der Waals surface area contributed by atoms with Crippen LogP contribution in [0.5, 0.6) is 0 Å². The number of unbranched alkanes of at least 4 members (excludes halogenated alkanes) is 1. The van der Waals surface area contributed by atoms with Gasteiger partial charge in [0.1, 0.15) is 12.3 Å². The van der Waals surface area contributed by atoms with E-state index < -0.39 is 6.04 Å². The summed E-state index contributed by atoms with van der Waals surface area (Å²) in [5, 5.41) is 11.1. The minimum atomic E-state index is -0.748. The van der Waals surface area contributed by atoms with Crippen LogP contribution >= 0.6 is 0 Å². The maximum atomic E-state index is 11.2. The van der Waals surface area contributed by atoms with Gasteiger partial charge in [0.15, 0.2) is 0 Å². The highest BCUT2D eigenvalue weighted by Crippen LogP contribution is 2.07. The summed E-state index contributed by atoms with van der Waals surface area (Å²) >= 11 is 0. The van der Waals surface area contributed by atoms with Crippen molar-refractivity contribution in [1.82, 2.24) is 5.32 Å². The number of carbonyl (C=O) groups excluding carboxylic acids is 2. The summed E-state index contributed by atoms with van der Waals surface area (Å²) in [4.78, 5) is 21.6. The van der Waals surface area contributed by atoms with Crippen molar-refractivity contribution < 1.29 is 14.7 Å². The number of aliphatic hydroxyl groups is 1. The number of carbonyl (C=O) groups is 2. The van der Waals surface area contributed by atoms with E-state index in [2.05, 4.69) is 19.2 Å². The number of aldehydes is 1. The molecule has 0 rings (SSSR count). The molecule has 0 aromatic heterocycles. The topological polar surface area (TPSA) is 66.4 Å². The minimum absolute atomic E-state index is 0.162. The van der Waals surface area contributed by atoms with Gasteiger partial charge in [-0.3, -0.25) is 4.79 Å². The van der Waals surface area contributed by atoms with Gasteiger partial charge in [0, 0.05) is 6.42 Å². The summed E-state index contributed by atoms with van der Waals surface area (Å²) in [6, 6.07) is -0.748. The van der Waals surface area contributed by atoms with Crippen molar-refractivity contribution in [2.24, 2.45) is 5.92 Å². The Bertz CT molecular complexity index is 192. The molecule has 0 aliphatic rings. The number of nitrogens with one attached hydrogen (secondary N) is 1. The van der Waals surface area contributed by atoms with Crippen molar-refractivity contribution in [3.8, 4) is 0 Å². The predicted molar refractivity (Wildman–Crippen MR) is 58.4 cm³/mol. The lowest BCUT2D eigenvalue weighted by atomic mass is 10.1. The first-order chi connectivity index (χ1) is 7.10. The van der Waals surface area contributed by atoms with Crippen molar-refractivity contribution in [1.29, 1.82) is 0 Å². The molecule has 0 saturated heterocycles. The van der Waals surface area contributed by atoms with Gasteiger partial charge in [-0.25, -0.2) is 0 Å². The second-order valence-electron chi connectivity index (χ2n) is 4.13. The molecule has 2 N–H and O–H groups in total. The van der Waals surface area contributed by atoms with E-state index in [1.54, 1.807) is 0 Å². The minimum Gasteiger partial charge on any atom is -0.394 e. The van der Waals surface area contributed by atoms with Crippen LogP contribution in [0.4, 0.5) is 0 Å². The Kier molecular flexibility index (Phi) is 7.91. The lowest BCUT2D eigenvalue weighted by Gasteiger charge is -2.09. The maximum absolute atomic E-state index is 11.2.